The highest BCUT2D eigenvalue weighted by Crippen LogP contribution is 2.24. The second kappa shape index (κ2) is 8.07. The van der Waals surface area contributed by atoms with Crippen molar-refractivity contribution in [2.24, 2.45) is 0 Å². The average Bonchev–Trinajstić information content (AvgIpc) is 3.33. The maximum absolute atomic E-state index is 5.62. The second-order valence-electron chi connectivity index (χ2n) is 6.51. The van der Waals surface area contributed by atoms with Crippen LogP contribution in [0.25, 0.3) is 10.6 Å². The van der Waals surface area contributed by atoms with Gasteiger partial charge in [-0.15, -0.1) is 21.5 Å². The van der Waals surface area contributed by atoms with Gasteiger partial charge < -0.3 is 4.42 Å². The Morgan fingerprint density at radius 2 is 1.65 bits per heavy atom. The highest BCUT2D eigenvalue weighted by Gasteiger charge is 2.20. The van der Waals surface area contributed by atoms with Crippen LogP contribution in [-0.2, 0) is 19.5 Å². The van der Waals surface area contributed by atoms with E-state index in [4.69, 9.17) is 9.40 Å². The molecule has 2 aromatic heterocycles. The Bertz CT molecular complexity index is 823. The predicted molar refractivity (Wildman–Crippen MR) is 102 cm³/mol. The van der Waals surface area contributed by atoms with Gasteiger partial charge in [-0.2, -0.15) is 0 Å². The minimum Gasteiger partial charge on any atom is -0.424 e. The lowest BCUT2D eigenvalue weighted by Crippen LogP contribution is -2.45. The van der Waals surface area contributed by atoms with E-state index < -0.39 is 0 Å². The monoisotopic (exact) mass is 369 g/mol. The minimum absolute atomic E-state index is 0.719. The number of benzene rings is 1. The summed E-state index contributed by atoms with van der Waals surface area (Å²) >= 11 is 1.72. The van der Waals surface area contributed by atoms with Crippen molar-refractivity contribution in [2.75, 3.05) is 26.2 Å². The van der Waals surface area contributed by atoms with E-state index in [1.807, 2.05) is 13.0 Å². The summed E-state index contributed by atoms with van der Waals surface area (Å²) in [5.41, 5.74) is 2.35. The number of thiazole rings is 1. The molecular formula is C19H23N5OS. The van der Waals surface area contributed by atoms with Gasteiger partial charge in [-0.1, -0.05) is 37.3 Å². The first-order chi connectivity index (χ1) is 12.8. The van der Waals surface area contributed by atoms with Crippen molar-refractivity contribution in [2.45, 2.75) is 26.4 Å². The van der Waals surface area contributed by atoms with E-state index in [1.54, 1.807) is 11.3 Å². The molecule has 136 valence electrons. The summed E-state index contributed by atoms with van der Waals surface area (Å²) in [4.78, 5) is 9.64. The Hall–Kier alpha value is -2.09. The molecule has 0 radical (unpaired) electrons. The lowest BCUT2D eigenvalue weighted by molar-refractivity contribution is 0.113. The number of nitrogens with zero attached hydrogens (tertiary/aromatic N) is 5. The SMILES string of the molecule is CCc1nnc(CN2CCN(Cc3csc(-c4ccccc4)n3)CC2)o1. The van der Waals surface area contributed by atoms with E-state index in [0.717, 1.165) is 68.2 Å². The predicted octanol–water partition coefficient (Wildman–Crippen LogP) is 3.07. The Balaban J connectivity index is 1.28. The van der Waals surface area contributed by atoms with Gasteiger partial charge in [0.1, 0.15) is 5.01 Å². The summed E-state index contributed by atoms with van der Waals surface area (Å²) in [6.07, 6.45) is 0.791. The third-order valence-corrected chi connectivity index (χ3v) is 5.53. The molecule has 0 atom stereocenters. The van der Waals surface area contributed by atoms with E-state index in [2.05, 4.69) is 49.6 Å². The summed E-state index contributed by atoms with van der Waals surface area (Å²) in [6.45, 7) is 7.78. The molecule has 1 saturated heterocycles. The molecular weight excluding hydrogens is 346 g/mol. The number of hydrogen-bond donors (Lipinski definition) is 0. The van der Waals surface area contributed by atoms with Crippen LogP contribution in [0.5, 0.6) is 0 Å². The first-order valence-electron chi connectivity index (χ1n) is 9.06. The zero-order valence-electron chi connectivity index (χ0n) is 15.0. The Kier molecular flexibility index (Phi) is 5.38. The number of aromatic nitrogens is 3. The van der Waals surface area contributed by atoms with Crippen LogP contribution in [0.2, 0.25) is 0 Å². The van der Waals surface area contributed by atoms with Crippen LogP contribution in [-0.4, -0.2) is 51.2 Å². The number of hydrogen-bond acceptors (Lipinski definition) is 7. The van der Waals surface area contributed by atoms with Crippen LogP contribution in [0.15, 0.2) is 40.1 Å². The first kappa shape index (κ1) is 17.3. The van der Waals surface area contributed by atoms with Gasteiger partial charge in [-0.3, -0.25) is 9.80 Å². The van der Waals surface area contributed by atoms with Crippen LogP contribution in [0.4, 0.5) is 0 Å². The first-order valence-corrected chi connectivity index (χ1v) is 9.94. The van der Waals surface area contributed by atoms with Gasteiger partial charge in [-0.05, 0) is 0 Å². The van der Waals surface area contributed by atoms with Crippen molar-refractivity contribution in [3.63, 3.8) is 0 Å². The highest BCUT2D eigenvalue weighted by atomic mass is 32.1. The zero-order valence-corrected chi connectivity index (χ0v) is 15.8. The van der Waals surface area contributed by atoms with Crippen molar-refractivity contribution in [3.8, 4) is 10.6 Å². The molecule has 26 heavy (non-hydrogen) atoms. The smallest absolute Gasteiger partial charge is 0.230 e. The second-order valence-corrected chi connectivity index (χ2v) is 7.36. The summed E-state index contributed by atoms with van der Waals surface area (Å²) in [5.74, 6) is 1.44. The lowest BCUT2D eigenvalue weighted by Gasteiger charge is -2.33. The van der Waals surface area contributed by atoms with Crippen molar-refractivity contribution in [3.05, 3.63) is 53.2 Å². The molecule has 6 nitrogen and oxygen atoms in total. The zero-order chi connectivity index (χ0) is 17.8. The summed E-state index contributed by atoms with van der Waals surface area (Å²) < 4.78 is 5.62. The van der Waals surface area contributed by atoms with E-state index in [0.29, 0.717) is 0 Å². The van der Waals surface area contributed by atoms with Crippen LogP contribution >= 0.6 is 11.3 Å². The molecule has 7 heteroatoms. The van der Waals surface area contributed by atoms with Crippen molar-refractivity contribution >= 4 is 11.3 Å². The fraction of sp³-hybridized carbons (Fsp3) is 0.421. The third kappa shape index (κ3) is 4.17. The molecule has 0 unspecified atom stereocenters. The van der Waals surface area contributed by atoms with E-state index in [9.17, 15) is 0 Å². The molecule has 0 N–H and O–H groups in total. The molecule has 0 saturated carbocycles. The Morgan fingerprint density at radius 1 is 0.962 bits per heavy atom. The average molecular weight is 369 g/mol. The van der Waals surface area contributed by atoms with Crippen LogP contribution in [0, 0.1) is 0 Å². The van der Waals surface area contributed by atoms with E-state index >= 15 is 0 Å². The maximum atomic E-state index is 5.62. The van der Waals surface area contributed by atoms with Gasteiger partial charge in [0.15, 0.2) is 0 Å². The van der Waals surface area contributed by atoms with Crippen molar-refractivity contribution in [1.82, 2.24) is 25.0 Å². The van der Waals surface area contributed by atoms with Crippen molar-refractivity contribution < 1.29 is 4.42 Å². The number of aryl methyl sites for hydroxylation is 1. The van der Waals surface area contributed by atoms with Gasteiger partial charge >= 0.3 is 0 Å². The lowest BCUT2D eigenvalue weighted by atomic mass is 10.2. The molecule has 0 aliphatic carbocycles. The molecule has 1 aromatic carbocycles. The molecule has 0 spiro atoms. The largest absolute Gasteiger partial charge is 0.424 e. The Labute approximate surface area is 157 Å². The summed E-state index contributed by atoms with van der Waals surface area (Å²) in [6, 6.07) is 10.4. The number of piperazine rings is 1. The molecule has 4 rings (SSSR count). The topological polar surface area (TPSA) is 58.3 Å². The highest BCUT2D eigenvalue weighted by molar-refractivity contribution is 7.13. The van der Waals surface area contributed by atoms with Crippen molar-refractivity contribution in [1.29, 1.82) is 0 Å². The quantitative estimate of drug-likeness (QED) is 0.666. The Morgan fingerprint density at radius 3 is 2.35 bits per heavy atom. The molecule has 3 aromatic rings. The van der Waals surface area contributed by atoms with Gasteiger partial charge in [0, 0.05) is 50.1 Å². The summed E-state index contributed by atoms with van der Waals surface area (Å²) in [7, 11) is 0. The van der Waals surface area contributed by atoms with Gasteiger partial charge in [0.05, 0.1) is 12.2 Å². The van der Waals surface area contributed by atoms with Crippen LogP contribution in [0.3, 0.4) is 0 Å². The van der Waals surface area contributed by atoms with E-state index in [1.165, 1.54) is 5.56 Å². The minimum atomic E-state index is 0.719. The normalized spacial score (nSPS) is 16.2. The maximum Gasteiger partial charge on any atom is 0.230 e. The molecule has 1 aliphatic rings. The van der Waals surface area contributed by atoms with Gasteiger partial charge in [0.25, 0.3) is 0 Å². The number of rotatable bonds is 6. The standard InChI is InChI=1S/C19H23N5OS/c1-2-17-21-22-18(25-17)13-24-10-8-23(9-11-24)12-16-14-26-19(20-16)15-6-4-3-5-7-15/h3-7,14H,2,8-13H2,1H3. The fourth-order valence-electron chi connectivity index (χ4n) is 3.11. The molecule has 3 heterocycles. The van der Waals surface area contributed by atoms with Crippen LogP contribution in [0.1, 0.15) is 24.4 Å². The molecule has 1 aliphatic heterocycles. The molecule has 0 bridgehead atoms. The fourth-order valence-corrected chi connectivity index (χ4v) is 3.93. The van der Waals surface area contributed by atoms with Crippen LogP contribution < -0.4 is 0 Å². The van der Waals surface area contributed by atoms with E-state index in [-0.39, 0.29) is 0 Å². The van der Waals surface area contributed by atoms with Gasteiger partial charge in [-0.25, -0.2) is 4.98 Å². The molecule has 1 fully saturated rings. The van der Waals surface area contributed by atoms with Gasteiger partial charge in [0.2, 0.25) is 11.8 Å². The third-order valence-electron chi connectivity index (χ3n) is 4.59. The molecule has 0 amide bonds. The summed E-state index contributed by atoms with van der Waals surface area (Å²) in [5, 5.41) is 11.4.